The smallest absolute Gasteiger partial charge is 0.162 e. The molecule has 102 valence electrons. The van der Waals surface area contributed by atoms with E-state index < -0.39 is 0 Å². The third kappa shape index (κ3) is 2.94. The van der Waals surface area contributed by atoms with Crippen molar-refractivity contribution in [3.8, 4) is 17.5 Å². The predicted octanol–water partition coefficient (Wildman–Crippen LogP) is 3.57. The molecule has 0 bridgehead atoms. The fourth-order valence-electron chi connectivity index (χ4n) is 1.96. The Balaban J connectivity index is 2.39. The predicted molar refractivity (Wildman–Crippen MR) is 80.4 cm³/mol. The lowest BCUT2D eigenvalue weighted by atomic mass is 9.97. The summed E-state index contributed by atoms with van der Waals surface area (Å²) in [5.74, 6) is 1.77. The van der Waals surface area contributed by atoms with E-state index in [9.17, 15) is 0 Å². The molecule has 0 aliphatic rings. The minimum atomic E-state index is 0.366. The van der Waals surface area contributed by atoms with E-state index in [2.05, 4.69) is 47.3 Å². The molecule has 2 aromatic rings. The lowest BCUT2D eigenvalue weighted by molar-refractivity contribution is 0.734. The summed E-state index contributed by atoms with van der Waals surface area (Å²) in [6.07, 6.45) is 1.11. The molecular formula is C16H18N4. The Labute approximate surface area is 119 Å². The van der Waals surface area contributed by atoms with Gasteiger partial charge in [-0.05, 0) is 17.9 Å². The van der Waals surface area contributed by atoms with Crippen molar-refractivity contribution in [1.29, 1.82) is 5.26 Å². The number of hydrogen-bond donors (Lipinski definition) is 1. The molecule has 2 rings (SSSR count). The largest absolute Gasteiger partial charge is 0.373 e. The minimum absolute atomic E-state index is 0.366. The second-order valence-corrected chi connectivity index (χ2v) is 4.76. The molecule has 0 aliphatic carbocycles. The second kappa shape index (κ2) is 6.16. The van der Waals surface area contributed by atoms with Crippen LogP contribution in [0.25, 0.3) is 11.4 Å². The monoisotopic (exact) mass is 266 g/mol. The molecule has 4 nitrogen and oxygen atoms in total. The summed E-state index contributed by atoms with van der Waals surface area (Å²) in [5, 5.41) is 12.0. The molecule has 1 N–H and O–H groups in total. The second-order valence-electron chi connectivity index (χ2n) is 4.76. The van der Waals surface area contributed by atoms with Crippen LogP contribution in [0.15, 0.2) is 30.3 Å². The van der Waals surface area contributed by atoms with Gasteiger partial charge in [0.1, 0.15) is 17.6 Å². The van der Waals surface area contributed by atoms with Gasteiger partial charge >= 0.3 is 0 Å². The number of nitriles is 1. The minimum Gasteiger partial charge on any atom is -0.373 e. The highest BCUT2D eigenvalue weighted by atomic mass is 15.0. The molecule has 0 aliphatic heterocycles. The first-order valence-corrected chi connectivity index (χ1v) is 6.75. The molecule has 0 fully saturated rings. The fraction of sp³-hybridized carbons (Fsp3) is 0.312. The van der Waals surface area contributed by atoms with Crippen molar-refractivity contribution in [2.24, 2.45) is 0 Å². The molecule has 0 amide bonds. The lowest BCUT2D eigenvalue weighted by Crippen LogP contribution is -1.99. The summed E-state index contributed by atoms with van der Waals surface area (Å²) >= 11 is 0. The average molecular weight is 266 g/mol. The van der Waals surface area contributed by atoms with Gasteiger partial charge in [-0.25, -0.2) is 9.97 Å². The zero-order valence-electron chi connectivity index (χ0n) is 12.0. The van der Waals surface area contributed by atoms with E-state index in [1.807, 2.05) is 12.1 Å². The molecule has 1 aromatic heterocycles. The van der Waals surface area contributed by atoms with Crippen LogP contribution in [0.5, 0.6) is 0 Å². The van der Waals surface area contributed by atoms with Gasteiger partial charge in [-0.2, -0.15) is 5.26 Å². The molecule has 1 unspecified atom stereocenters. The highest BCUT2D eigenvalue weighted by Gasteiger charge is 2.08. The Hall–Kier alpha value is -2.41. The van der Waals surface area contributed by atoms with Crippen molar-refractivity contribution >= 4 is 5.82 Å². The van der Waals surface area contributed by atoms with Crippen LogP contribution in [0, 0.1) is 11.3 Å². The molecular weight excluding hydrogens is 248 g/mol. The summed E-state index contributed by atoms with van der Waals surface area (Å²) in [7, 11) is 1.78. The van der Waals surface area contributed by atoms with Gasteiger partial charge in [0.15, 0.2) is 5.82 Å². The number of anilines is 1. The van der Waals surface area contributed by atoms with E-state index >= 15 is 0 Å². The van der Waals surface area contributed by atoms with Crippen LogP contribution in [0.2, 0.25) is 0 Å². The van der Waals surface area contributed by atoms with E-state index in [0.717, 1.165) is 12.0 Å². The average Bonchev–Trinajstić information content (AvgIpc) is 2.53. The van der Waals surface area contributed by atoms with Crippen molar-refractivity contribution in [1.82, 2.24) is 9.97 Å². The van der Waals surface area contributed by atoms with E-state index in [1.165, 1.54) is 5.56 Å². The maximum absolute atomic E-state index is 9.01. The van der Waals surface area contributed by atoms with E-state index in [-0.39, 0.29) is 0 Å². The molecule has 4 heteroatoms. The fourth-order valence-corrected chi connectivity index (χ4v) is 1.96. The van der Waals surface area contributed by atoms with Crippen LogP contribution in [0.3, 0.4) is 0 Å². The van der Waals surface area contributed by atoms with Gasteiger partial charge in [-0.3, -0.25) is 0 Å². The molecule has 20 heavy (non-hydrogen) atoms. The van der Waals surface area contributed by atoms with Crippen LogP contribution in [-0.4, -0.2) is 17.0 Å². The summed E-state index contributed by atoms with van der Waals surface area (Å²) in [6, 6.07) is 11.9. The Kier molecular flexibility index (Phi) is 4.31. The molecule has 1 heterocycles. The Morgan fingerprint density at radius 3 is 2.50 bits per heavy atom. The lowest BCUT2D eigenvalue weighted by Gasteiger charge is -2.10. The van der Waals surface area contributed by atoms with Crippen LogP contribution in [-0.2, 0) is 0 Å². The van der Waals surface area contributed by atoms with E-state index in [0.29, 0.717) is 23.3 Å². The van der Waals surface area contributed by atoms with Gasteiger partial charge in [0.05, 0.1) is 0 Å². The Morgan fingerprint density at radius 2 is 1.95 bits per heavy atom. The van der Waals surface area contributed by atoms with Crippen molar-refractivity contribution in [3.63, 3.8) is 0 Å². The molecule has 1 aromatic carbocycles. The highest BCUT2D eigenvalue weighted by Crippen LogP contribution is 2.23. The Bertz CT molecular complexity index is 626. The number of aromatic nitrogens is 2. The topological polar surface area (TPSA) is 61.6 Å². The molecule has 0 spiro atoms. The van der Waals surface area contributed by atoms with Crippen LogP contribution in [0.1, 0.15) is 37.4 Å². The van der Waals surface area contributed by atoms with E-state index in [4.69, 9.17) is 5.26 Å². The van der Waals surface area contributed by atoms with Gasteiger partial charge in [-0.1, -0.05) is 38.1 Å². The van der Waals surface area contributed by atoms with Gasteiger partial charge < -0.3 is 5.32 Å². The Morgan fingerprint density at radius 1 is 1.25 bits per heavy atom. The highest BCUT2D eigenvalue weighted by molar-refractivity contribution is 5.59. The van der Waals surface area contributed by atoms with Crippen molar-refractivity contribution in [2.75, 3.05) is 12.4 Å². The SMILES string of the molecule is CCC(C)c1ccc(-c2nc(C#N)cc(NC)n2)cc1. The first kappa shape index (κ1) is 14.0. The number of nitrogens with zero attached hydrogens (tertiary/aromatic N) is 3. The molecule has 0 saturated carbocycles. The summed E-state index contributed by atoms with van der Waals surface area (Å²) < 4.78 is 0. The third-order valence-corrected chi connectivity index (χ3v) is 3.45. The maximum atomic E-state index is 9.01. The molecule has 0 saturated heterocycles. The van der Waals surface area contributed by atoms with Crippen LogP contribution < -0.4 is 5.32 Å². The summed E-state index contributed by atoms with van der Waals surface area (Å²) in [6.45, 7) is 4.39. The van der Waals surface area contributed by atoms with E-state index in [1.54, 1.807) is 13.1 Å². The number of hydrogen-bond acceptors (Lipinski definition) is 4. The molecule has 0 radical (unpaired) electrons. The maximum Gasteiger partial charge on any atom is 0.162 e. The third-order valence-electron chi connectivity index (χ3n) is 3.45. The molecule has 1 atom stereocenters. The zero-order chi connectivity index (χ0) is 14.5. The van der Waals surface area contributed by atoms with Gasteiger partial charge in [0.2, 0.25) is 0 Å². The van der Waals surface area contributed by atoms with Gasteiger partial charge in [0, 0.05) is 18.7 Å². The van der Waals surface area contributed by atoms with Gasteiger partial charge in [-0.15, -0.1) is 0 Å². The van der Waals surface area contributed by atoms with Crippen molar-refractivity contribution in [2.45, 2.75) is 26.2 Å². The van der Waals surface area contributed by atoms with Crippen LogP contribution >= 0.6 is 0 Å². The first-order valence-electron chi connectivity index (χ1n) is 6.75. The number of benzene rings is 1. The summed E-state index contributed by atoms with van der Waals surface area (Å²) in [4.78, 5) is 8.64. The first-order chi connectivity index (χ1) is 9.67. The van der Waals surface area contributed by atoms with Crippen molar-refractivity contribution < 1.29 is 0 Å². The van der Waals surface area contributed by atoms with Gasteiger partial charge in [0.25, 0.3) is 0 Å². The standard InChI is InChI=1S/C16H18N4/c1-4-11(2)12-5-7-13(8-6-12)16-19-14(10-17)9-15(18-3)20-16/h5-9,11H,4H2,1-3H3,(H,18,19,20). The summed E-state index contributed by atoms with van der Waals surface area (Å²) in [5.41, 5.74) is 2.59. The number of nitrogens with one attached hydrogen (secondary N) is 1. The van der Waals surface area contributed by atoms with Crippen molar-refractivity contribution in [3.05, 3.63) is 41.6 Å². The quantitative estimate of drug-likeness (QED) is 0.919. The number of rotatable bonds is 4. The normalized spacial score (nSPS) is 11.7. The van der Waals surface area contributed by atoms with Crippen LogP contribution in [0.4, 0.5) is 5.82 Å². The zero-order valence-corrected chi connectivity index (χ0v) is 12.0.